The molecule has 2 heterocycles. The molecule has 8 heteroatoms. The number of nitrogens with one attached hydrogen (secondary N) is 1. The first-order valence-electron chi connectivity index (χ1n) is 9.58. The van der Waals surface area contributed by atoms with E-state index in [2.05, 4.69) is 15.4 Å². The van der Waals surface area contributed by atoms with Crippen molar-refractivity contribution in [3.05, 3.63) is 47.5 Å². The first-order valence-corrected chi connectivity index (χ1v) is 9.58. The third kappa shape index (κ3) is 3.91. The topological polar surface area (TPSA) is 89.4 Å². The van der Waals surface area contributed by atoms with Gasteiger partial charge in [0.25, 0.3) is 0 Å². The average molecular weight is 385 g/mol. The molecule has 8 nitrogen and oxygen atoms in total. The Morgan fingerprint density at radius 2 is 2.04 bits per heavy atom. The molecule has 0 radical (unpaired) electrons. The van der Waals surface area contributed by atoms with Gasteiger partial charge in [-0.15, -0.1) is 0 Å². The highest BCUT2D eigenvalue weighted by molar-refractivity contribution is 5.79. The third-order valence-corrected chi connectivity index (χ3v) is 4.85. The fraction of sp³-hybridized carbons (Fsp3) is 0.500. The van der Waals surface area contributed by atoms with Gasteiger partial charge in [0.05, 0.1) is 12.5 Å². The van der Waals surface area contributed by atoms with Crippen molar-refractivity contribution >= 4 is 11.8 Å². The molecule has 2 aromatic rings. The minimum Gasteiger partial charge on any atom is -0.359 e. The molecule has 0 aliphatic carbocycles. The highest BCUT2D eigenvalue weighted by Crippen LogP contribution is 2.40. The van der Waals surface area contributed by atoms with Gasteiger partial charge in [0.15, 0.2) is 11.6 Å². The predicted molar refractivity (Wildman–Crippen MR) is 103 cm³/mol. The standard InChI is InChI=1S/C20H27N5O3/c1-5-24-20(22-15(23-24)11-16(26)21-4)19-18(14-9-7-6-8-10-14)25(13(2)3)17(27)12-28-19/h6-10,13,18-19H,5,11-12H2,1-4H3,(H,21,26)/t18-,19+/m1/s1. The highest BCUT2D eigenvalue weighted by Gasteiger charge is 2.42. The number of hydrogen-bond acceptors (Lipinski definition) is 5. The van der Waals surface area contributed by atoms with E-state index in [0.29, 0.717) is 18.2 Å². The summed E-state index contributed by atoms with van der Waals surface area (Å²) in [5.41, 5.74) is 0.979. The Hall–Kier alpha value is -2.74. The van der Waals surface area contributed by atoms with E-state index >= 15 is 0 Å². The molecule has 1 aromatic heterocycles. The molecule has 1 saturated heterocycles. The van der Waals surface area contributed by atoms with Crippen molar-refractivity contribution in [3.8, 4) is 0 Å². The molecule has 28 heavy (non-hydrogen) atoms. The predicted octanol–water partition coefficient (Wildman–Crippen LogP) is 1.64. The molecule has 1 aromatic carbocycles. The minimum atomic E-state index is -0.464. The van der Waals surface area contributed by atoms with E-state index in [0.717, 1.165) is 5.56 Å². The molecule has 1 fully saturated rings. The van der Waals surface area contributed by atoms with Crippen LogP contribution >= 0.6 is 0 Å². The summed E-state index contributed by atoms with van der Waals surface area (Å²) in [6.07, 6.45) is -0.361. The van der Waals surface area contributed by atoms with Gasteiger partial charge in [-0.1, -0.05) is 30.3 Å². The summed E-state index contributed by atoms with van der Waals surface area (Å²) in [7, 11) is 1.59. The van der Waals surface area contributed by atoms with E-state index in [1.165, 1.54) is 0 Å². The van der Waals surface area contributed by atoms with Crippen LogP contribution in [0, 0.1) is 0 Å². The lowest BCUT2D eigenvalue weighted by atomic mass is 9.96. The highest BCUT2D eigenvalue weighted by atomic mass is 16.5. The number of benzene rings is 1. The summed E-state index contributed by atoms with van der Waals surface area (Å²) in [5.74, 6) is 0.879. The Morgan fingerprint density at radius 3 is 2.64 bits per heavy atom. The summed E-state index contributed by atoms with van der Waals surface area (Å²) < 4.78 is 7.75. The van der Waals surface area contributed by atoms with Gasteiger partial charge < -0.3 is 15.0 Å². The second-order valence-electron chi connectivity index (χ2n) is 7.03. The lowest BCUT2D eigenvalue weighted by Gasteiger charge is -2.43. The van der Waals surface area contributed by atoms with E-state index in [1.807, 2.05) is 56.0 Å². The molecule has 0 spiro atoms. The summed E-state index contributed by atoms with van der Waals surface area (Å²) in [4.78, 5) is 30.9. The molecule has 150 valence electrons. The molecule has 2 amide bonds. The van der Waals surface area contributed by atoms with Crippen LogP contribution in [0.2, 0.25) is 0 Å². The van der Waals surface area contributed by atoms with Crippen LogP contribution in [0.3, 0.4) is 0 Å². The van der Waals surface area contributed by atoms with Gasteiger partial charge in [0.2, 0.25) is 11.8 Å². The summed E-state index contributed by atoms with van der Waals surface area (Å²) in [5, 5.41) is 7.06. The fourth-order valence-electron chi connectivity index (χ4n) is 3.59. The first kappa shape index (κ1) is 20.0. The lowest BCUT2D eigenvalue weighted by Crippen LogP contribution is -2.49. The van der Waals surface area contributed by atoms with E-state index in [4.69, 9.17) is 4.74 Å². The zero-order valence-electron chi connectivity index (χ0n) is 16.8. The van der Waals surface area contributed by atoms with Crippen LogP contribution < -0.4 is 5.32 Å². The molecular formula is C20H27N5O3. The molecule has 1 aliphatic rings. The van der Waals surface area contributed by atoms with Gasteiger partial charge in [-0.25, -0.2) is 9.67 Å². The SMILES string of the molecule is CCn1nc(CC(=O)NC)nc1[C@H]1OCC(=O)N(C(C)C)[C@@H]1c1ccccc1. The van der Waals surface area contributed by atoms with Crippen LogP contribution in [0.5, 0.6) is 0 Å². The van der Waals surface area contributed by atoms with Gasteiger partial charge >= 0.3 is 0 Å². The maximum atomic E-state index is 12.6. The lowest BCUT2D eigenvalue weighted by molar-refractivity contribution is -0.162. The van der Waals surface area contributed by atoms with Gasteiger partial charge in [-0.2, -0.15) is 5.10 Å². The maximum Gasteiger partial charge on any atom is 0.249 e. The van der Waals surface area contributed by atoms with Crippen LogP contribution in [0.25, 0.3) is 0 Å². The molecule has 0 saturated carbocycles. The molecule has 1 aliphatic heterocycles. The van der Waals surface area contributed by atoms with E-state index in [1.54, 1.807) is 11.7 Å². The summed E-state index contributed by atoms with van der Waals surface area (Å²) in [6.45, 7) is 6.55. The summed E-state index contributed by atoms with van der Waals surface area (Å²) >= 11 is 0. The number of carbonyl (C=O) groups excluding carboxylic acids is 2. The van der Waals surface area contributed by atoms with Gasteiger partial charge in [0.1, 0.15) is 12.7 Å². The number of amides is 2. The quantitative estimate of drug-likeness (QED) is 0.816. The van der Waals surface area contributed by atoms with Crippen molar-refractivity contribution in [2.24, 2.45) is 0 Å². The largest absolute Gasteiger partial charge is 0.359 e. The number of hydrogen-bond donors (Lipinski definition) is 1. The number of aryl methyl sites for hydroxylation is 1. The monoisotopic (exact) mass is 385 g/mol. The van der Waals surface area contributed by atoms with Gasteiger partial charge in [-0.3, -0.25) is 9.59 Å². The Bertz CT molecular complexity index is 834. The molecule has 2 atom stereocenters. The summed E-state index contributed by atoms with van der Waals surface area (Å²) in [6, 6.07) is 9.52. The maximum absolute atomic E-state index is 12.6. The van der Waals surface area contributed by atoms with Crippen molar-refractivity contribution in [2.75, 3.05) is 13.7 Å². The van der Waals surface area contributed by atoms with Gasteiger partial charge in [0, 0.05) is 19.6 Å². The van der Waals surface area contributed by atoms with Crippen LogP contribution in [-0.4, -0.2) is 51.2 Å². The van der Waals surface area contributed by atoms with Gasteiger partial charge in [-0.05, 0) is 26.3 Å². The molecule has 3 rings (SSSR count). The Labute approximate surface area is 164 Å². The zero-order chi connectivity index (χ0) is 20.3. The van der Waals surface area contributed by atoms with E-state index in [-0.39, 0.29) is 36.9 Å². The number of rotatable bonds is 6. The van der Waals surface area contributed by atoms with Crippen LogP contribution in [0.15, 0.2) is 30.3 Å². The second-order valence-corrected chi connectivity index (χ2v) is 7.03. The molecule has 1 N–H and O–H groups in total. The Kier molecular flexibility index (Phi) is 6.08. The molecular weight excluding hydrogens is 358 g/mol. The smallest absolute Gasteiger partial charge is 0.249 e. The fourth-order valence-corrected chi connectivity index (χ4v) is 3.59. The van der Waals surface area contributed by atoms with Crippen LogP contribution in [0.1, 0.15) is 50.1 Å². The van der Waals surface area contributed by atoms with Crippen molar-refractivity contribution in [3.63, 3.8) is 0 Å². The minimum absolute atomic E-state index is 0.00641. The Balaban J connectivity index is 2.05. The molecule has 0 unspecified atom stereocenters. The second kappa shape index (κ2) is 8.52. The average Bonchev–Trinajstić information content (AvgIpc) is 3.10. The number of ether oxygens (including phenoxy) is 1. The normalized spacial score (nSPS) is 19.9. The first-order chi connectivity index (χ1) is 13.5. The van der Waals surface area contributed by atoms with Crippen molar-refractivity contribution < 1.29 is 14.3 Å². The van der Waals surface area contributed by atoms with Crippen molar-refractivity contribution in [2.45, 2.75) is 51.9 Å². The van der Waals surface area contributed by atoms with Crippen molar-refractivity contribution in [1.29, 1.82) is 0 Å². The molecule has 0 bridgehead atoms. The number of carbonyl (C=O) groups is 2. The van der Waals surface area contributed by atoms with Crippen LogP contribution in [0.4, 0.5) is 0 Å². The van der Waals surface area contributed by atoms with Crippen LogP contribution in [-0.2, 0) is 27.3 Å². The third-order valence-electron chi connectivity index (χ3n) is 4.85. The number of likely N-dealkylation sites (N-methyl/N-ethyl adjacent to an activating group) is 1. The van der Waals surface area contributed by atoms with E-state index < -0.39 is 6.10 Å². The number of morpholine rings is 1. The van der Waals surface area contributed by atoms with Crippen molar-refractivity contribution in [1.82, 2.24) is 25.0 Å². The number of nitrogens with zero attached hydrogens (tertiary/aromatic N) is 4. The number of aromatic nitrogens is 3. The van der Waals surface area contributed by atoms with E-state index in [9.17, 15) is 9.59 Å². The Morgan fingerprint density at radius 1 is 1.32 bits per heavy atom. The zero-order valence-corrected chi connectivity index (χ0v) is 16.8.